The minimum absolute atomic E-state index is 0.0120. The van der Waals surface area contributed by atoms with Gasteiger partial charge in [0.2, 0.25) is 5.91 Å². The van der Waals surface area contributed by atoms with Crippen LogP contribution in [-0.4, -0.2) is 81.0 Å². The summed E-state index contributed by atoms with van der Waals surface area (Å²) in [6.07, 6.45) is 1.66. The lowest BCUT2D eigenvalue weighted by molar-refractivity contribution is -0.138. The third-order valence-corrected chi connectivity index (χ3v) is 3.49. The minimum atomic E-state index is -1.09. The van der Waals surface area contributed by atoms with E-state index >= 15 is 0 Å². The van der Waals surface area contributed by atoms with Crippen LogP contribution in [0.25, 0.3) is 0 Å². The molecular weight excluding hydrogens is 276 g/mol. The van der Waals surface area contributed by atoms with E-state index in [4.69, 9.17) is 10.8 Å². The van der Waals surface area contributed by atoms with E-state index in [2.05, 4.69) is 15.2 Å². The fraction of sp³-hybridized carbons (Fsp3) is 0.667. The van der Waals surface area contributed by atoms with Crippen molar-refractivity contribution in [2.75, 3.05) is 33.2 Å². The number of nitrogens with zero attached hydrogens (tertiary/aromatic N) is 5. The molecule has 1 aliphatic heterocycles. The Kier molecular flexibility index (Phi) is 4.86. The summed E-state index contributed by atoms with van der Waals surface area (Å²) in [4.78, 5) is 26.8. The molecule has 1 aromatic rings. The number of amides is 1. The highest BCUT2D eigenvalue weighted by Gasteiger charge is 2.20. The molecule has 2 heterocycles. The Morgan fingerprint density at radius 3 is 2.67 bits per heavy atom. The number of hydrogen-bond donors (Lipinski definition) is 2. The molecule has 2 rings (SSSR count). The summed E-state index contributed by atoms with van der Waals surface area (Å²) < 4.78 is 1.42. The minimum Gasteiger partial charge on any atom is -0.480 e. The molecule has 0 aliphatic carbocycles. The van der Waals surface area contributed by atoms with Crippen LogP contribution in [0, 0.1) is 0 Å². The van der Waals surface area contributed by atoms with Crippen molar-refractivity contribution in [1.29, 1.82) is 0 Å². The molecule has 1 fully saturated rings. The molecule has 1 atom stereocenters. The molecule has 9 heteroatoms. The van der Waals surface area contributed by atoms with Crippen molar-refractivity contribution >= 4 is 11.9 Å². The Bertz CT molecular complexity index is 509. The van der Waals surface area contributed by atoms with Gasteiger partial charge in [-0.2, -0.15) is 0 Å². The maximum Gasteiger partial charge on any atom is 0.320 e. The fourth-order valence-electron chi connectivity index (χ4n) is 2.12. The van der Waals surface area contributed by atoms with Gasteiger partial charge in [0, 0.05) is 38.8 Å². The molecule has 1 aromatic heterocycles. The summed E-state index contributed by atoms with van der Waals surface area (Å²) in [6, 6.07) is -1.01. The normalized spacial score (nSPS) is 17.7. The first-order valence-corrected chi connectivity index (χ1v) is 6.79. The number of nitrogens with two attached hydrogens (primary N) is 1. The second kappa shape index (κ2) is 6.64. The number of carbonyl (C=O) groups is 2. The molecule has 116 valence electrons. The zero-order valence-corrected chi connectivity index (χ0v) is 12.0. The molecule has 21 heavy (non-hydrogen) atoms. The summed E-state index contributed by atoms with van der Waals surface area (Å²) in [5.74, 6) is -1.10. The van der Waals surface area contributed by atoms with Crippen molar-refractivity contribution in [2.45, 2.75) is 19.0 Å². The first kappa shape index (κ1) is 15.4. The average Bonchev–Trinajstić information content (AvgIpc) is 2.86. The van der Waals surface area contributed by atoms with Crippen molar-refractivity contribution in [3.63, 3.8) is 0 Å². The maximum atomic E-state index is 12.1. The molecule has 1 saturated heterocycles. The van der Waals surface area contributed by atoms with Gasteiger partial charge in [0.05, 0.1) is 5.69 Å². The summed E-state index contributed by atoms with van der Waals surface area (Å²) in [7, 11) is 2.03. The Balaban J connectivity index is 1.87. The fourth-order valence-corrected chi connectivity index (χ4v) is 2.12. The van der Waals surface area contributed by atoms with E-state index in [1.54, 1.807) is 11.1 Å². The zero-order chi connectivity index (χ0) is 15.4. The molecule has 0 radical (unpaired) electrons. The molecule has 3 N–H and O–H groups in total. The second-order valence-corrected chi connectivity index (χ2v) is 5.24. The second-order valence-electron chi connectivity index (χ2n) is 5.24. The van der Waals surface area contributed by atoms with Crippen LogP contribution >= 0.6 is 0 Å². The van der Waals surface area contributed by atoms with Gasteiger partial charge in [0.1, 0.15) is 12.6 Å². The summed E-state index contributed by atoms with van der Waals surface area (Å²) in [5.41, 5.74) is 5.90. The Labute approximate surface area is 122 Å². The number of carboxylic acids is 1. The predicted molar refractivity (Wildman–Crippen MR) is 73.4 cm³/mol. The largest absolute Gasteiger partial charge is 0.480 e. The number of carboxylic acid groups (broad SMARTS) is 1. The molecule has 0 bridgehead atoms. The van der Waals surface area contributed by atoms with E-state index in [-0.39, 0.29) is 18.9 Å². The predicted octanol–water partition coefficient (Wildman–Crippen LogP) is -1.99. The number of aromatic nitrogens is 3. The lowest BCUT2D eigenvalue weighted by Crippen LogP contribution is -2.48. The maximum absolute atomic E-state index is 12.1. The number of aliphatic carboxylic acids is 1. The lowest BCUT2D eigenvalue weighted by atomic mass is 10.2. The average molecular weight is 296 g/mol. The van der Waals surface area contributed by atoms with E-state index in [9.17, 15) is 9.59 Å². The summed E-state index contributed by atoms with van der Waals surface area (Å²) in [5, 5.41) is 16.4. The van der Waals surface area contributed by atoms with Crippen LogP contribution in [0.3, 0.4) is 0 Å². The smallest absolute Gasteiger partial charge is 0.320 e. The molecule has 1 aliphatic rings. The number of carbonyl (C=O) groups excluding carboxylic acids is 1. The monoisotopic (exact) mass is 296 g/mol. The quantitative estimate of drug-likeness (QED) is 0.645. The number of hydrogen-bond acceptors (Lipinski definition) is 6. The van der Waals surface area contributed by atoms with Crippen LogP contribution in [0.4, 0.5) is 0 Å². The van der Waals surface area contributed by atoms with Gasteiger partial charge >= 0.3 is 5.97 Å². The van der Waals surface area contributed by atoms with E-state index in [0.29, 0.717) is 18.8 Å². The van der Waals surface area contributed by atoms with Gasteiger partial charge in [-0.05, 0) is 7.05 Å². The summed E-state index contributed by atoms with van der Waals surface area (Å²) >= 11 is 0. The highest BCUT2D eigenvalue weighted by molar-refractivity contribution is 5.76. The van der Waals surface area contributed by atoms with Crippen LogP contribution in [0.1, 0.15) is 5.69 Å². The molecule has 0 saturated carbocycles. The Morgan fingerprint density at radius 1 is 1.38 bits per heavy atom. The van der Waals surface area contributed by atoms with Crippen molar-refractivity contribution in [2.24, 2.45) is 5.73 Å². The molecular formula is C12H20N6O3. The van der Waals surface area contributed by atoms with E-state index < -0.39 is 12.0 Å². The SMILES string of the molecule is CN1CCN(C(=O)Cn2cc(CC(N)C(=O)O)nn2)CC1. The highest BCUT2D eigenvalue weighted by atomic mass is 16.4. The van der Waals surface area contributed by atoms with E-state index in [0.717, 1.165) is 13.1 Å². The van der Waals surface area contributed by atoms with E-state index in [1.807, 2.05) is 7.05 Å². The van der Waals surface area contributed by atoms with Crippen LogP contribution in [0.5, 0.6) is 0 Å². The van der Waals surface area contributed by atoms with Gasteiger partial charge in [-0.3, -0.25) is 9.59 Å². The lowest BCUT2D eigenvalue weighted by Gasteiger charge is -2.32. The van der Waals surface area contributed by atoms with Crippen molar-refractivity contribution in [3.8, 4) is 0 Å². The molecule has 0 aromatic carbocycles. The number of piperazine rings is 1. The topological polar surface area (TPSA) is 118 Å². The van der Waals surface area contributed by atoms with E-state index in [1.165, 1.54) is 4.68 Å². The van der Waals surface area contributed by atoms with Crippen molar-refractivity contribution in [3.05, 3.63) is 11.9 Å². The van der Waals surface area contributed by atoms with Gasteiger partial charge in [-0.1, -0.05) is 5.21 Å². The van der Waals surface area contributed by atoms with Crippen LogP contribution in [0.2, 0.25) is 0 Å². The first-order chi connectivity index (χ1) is 9.95. The Morgan fingerprint density at radius 2 is 2.05 bits per heavy atom. The standard InChI is InChI=1S/C12H20N6O3/c1-16-2-4-17(5-3-16)11(19)8-18-7-9(14-15-18)6-10(13)12(20)21/h7,10H,2-6,8,13H2,1H3,(H,20,21). The molecule has 0 spiro atoms. The first-order valence-electron chi connectivity index (χ1n) is 6.79. The third-order valence-electron chi connectivity index (χ3n) is 3.49. The summed E-state index contributed by atoms with van der Waals surface area (Å²) in [6.45, 7) is 3.25. The third kappa shape index (κ3) is 4.23. The molecule has 1 unspecified atom stereocenters. The number of rotatable bonds is 5. The molecule has 9 nitrogen and oxygen atoms in total. The Hall–Kier alpha value is -2.00. The van der Waals surface area contributed by atoms with Gasteiger partial charge in [-0.25, -0.2) is 4.68 Å². The number of likely N-dealkylation sites (N-methyl/N-ethyl adjacent to an activating group) is 1. The van der Waals surface area contributed by atoms with Gasteiger partial charge < -0.3 is 20.6 Å². The van der Waals surface area contributed by atoms with Crippen molar-refractivity contribution in [1.82, 2.24) is 24.8 Å². The van der Waals surface area contributed by atoms with Gasteiger partial charge in [-0.15, -0.1) is 5.10 Å². The van der Waals surface area contributed by atoms with Crippen LogP contribution in [-0.2, 0) is 22.6 Å². The molecule has 1 amide bonds. The van der Waals surface area contributed by atoms with Crippen molar-refractivity contribution < 1.29 is 14.7 Å². The highest BCUT2D eigenvalue weighted by Crippen LogP contribution is 2.02. The van der Waals surface area contributed by atoms with Crippen LogP contribution < -0.4 is 5.73 Å². The van der Waals surface area contributed by atoms with Gasteiger partial charge in [0.25, 0.3) is 0 Å². The van der Waals surface area contributed by atoms with Gasteiger partial charge in [0.15, 0.2) is 0 Å². The van der Waals surface area contributed by atoms with Crippen LogP contribution in [0.15, 0.2) is 6.20 Å². The zero-order valence-electron chi connectivity index (χ0n) is 12.0.